The molecule has 0 fully saturated rings. The Hall–Kier alpha value is -3.44. The van der Waals surface area contributed by atoms with Gasteiger partial charge < -0.3 is 25.5 Å². The van der Waals surface area contributed by atoms with Gasteiger partial charge in [0.1, 0.15) is 28.7 Å². The minimum atomic E-state index is 0.135. The Kier molecular flexibility index (Phi) is 8.69. The van der Waals surface area contributed by atoms with Crippen LogP contribution < -0.4 is 0 Å². The van der Waals surface area contributed by atoms with Gasteiger partial charge in [-0.05, 0) is 146 Å². The van der Waals surface area contributed by atoms with Crippen LogP contribution in [0.2, 0.25) is 0 Å². The molecule has 0 amide bonds. The number of hydrogen-bond acceptors (Lipinski definition) is 5. The van der Waals surface area contributed by atoms with Crippen molar-refractivity contribution < 1.29 is 25.5 Å². The predicted octanol–water partition coefficient (Wildman–Crippen LogP) is 8.62. The van der Waals surface area contributed by atoms with Crippen molar-refractivity contribution in [2.75, 3.05) is 0 Å². The van der Waals surface area contributed by atoms with Gasteiger partial charge in [-0.1, -0.05) is 53.1 Å². The molecule has 0 spiro atoms. The highest BCUT2D eigenvalue weighted by Gasteiger charge is 2.21. The molecule has 7 heteroatoms. The van der Waals surface area contributed by atoms with Gasteiger partial charge >= 0.3 is 0 Å². The van der Waals surface area contributed by atoms with Crippen molar-refractivity contribution in [3.8, 4) is 28.7 Å². The molecule has 6 rings (SSSR count). The van der Waals surface area contributed by atoms with E-state index in [4.69, 9.17) is 0 Å². The molecule has 0 aliphatic heterocycles. The fourth-order valence-corrected chi connectivity index (χ4v) is 8.11. The van der Waals surface area contributed by atoms with Crippen LogP contribution in [0.15, 0.2) is 60.7 Å². The third-order valence-corrected chi connectivity index (χ3v) is 9.85. The van der Waals surface area contributed by atoms with Crippen LogP contribution in [0, 0.1) is 27.9 Å². The zero-order valence-electron chi connectivity index (χ0n) is 25.3. The quantitative estimate of drug-likeness (QED) is 0.0989. The van der Waals surface area contributed by atoms with Gasteiger partial charge in [-0.3, -0.25) is 0 Å². The summed E-state index contributed by atoms with van der Waals surface area (Å²) < 4.78 is 1.87. The topological polar surface area (TPSA) is 101 Å². The monoisotopic (exact) mass is 824 g/mol. The average Bonchev–Trinajstić information content (AvgIpc) is 2.96. The molecule has 0 unspecified atom stereocenters. The standard InChI is InChI=1S/C38H34I2O5/c1-19-4-22-10-23-5-20(2)7-25(35(23)42)12-29-16-33(40)18-31(38(29)45)14-27-9-21(3)8-26(36(27)43)13-30-17-32(39)15-28(37(30)44)11-24(6-19)34(22)41/h4-9,15-18,41-45H,10-14H2,1-3H3. The van der Waals surface area contributed by atoms with Crippen LogP contribution in [0.4, 0.5) is 0 Å². The molecular formula is C38H34I2O5. The van der Waals surface area contributed by atoms with Crippen LogP contribution in [-0.4, -0.2) is 25.5 Å². The molecule has 10 bridgehead atoms. The number of hydrogen-bond donors (Lipinski definition) is 5. The molecule has 1 aliphatic rings. The second-order valence-electron chi connectivity index (χ2n) is 12.3. The molecule has 5 aromatic rings. The Morgan fingerprint density at radius 3 is 0.667 bits per heavy atom. The smallest absolute Gasteiger partial charge is 0.122 e. The lowest BCUT2D eigenvalue weighted by Gasteiger charge is -2.18. The number of halogens is 2. The third kappa shape index (κ3) is 6.47. The zero-order chi connectivity index (χ0) is 32.2. The van der Waals surface area contributed by atoms with Gasteiger partial charge in [0.05, 0.1) is 0 Å². The van der Waals surface area contributed by atoms with Crippen molar-refractivity contribution in [3.63, 3.8) is 0 Å². The number of fused-ring (bicyclic) bond motifs is 10. The van der Waals surface area contributed by atoms with Crippen molar-refractivity contribution in [1.29, 1.82) is 0 Å². The number of aromatic hydroxyl groups is 5. The summed E-state index contributed by atoms with van der Waals surface area (Å²) in [6.45, 7) is 5.92. The lowest BCUT2D eigenvalue weighted by atomic mass is 9.90. The molecule has 0 saturated carbocycles. The number of rotatable bonds is 0. The molecular weight excluding hydrogens is 790 g/mol. The van der Waals surface area contributed by atoms with Gasteiger partial charge in [0.25, 0.3) is 0 Å². The van der Waals surface area contributed by atoms with E-state index in [1.54, 1.807) is 0 Å². The van der Waals surface area contributed by atoms with E-state index in [9.17, 15) is 25.5 Å². The Balaban J connectivity index is 1.60. The van der Waals surface area contributed by atoms with Crippen molar-refractivity contribution in [2.45, 2.75) is 52.9 Å². The van der Waals surface area contributed by atoms with Gasteiger partial charge in [0.15, 0.2) is 0 Å². The van der Waals surface area contributed by atoms with Gasteiger partial charge in [0, 0.05) is 39.2 Å². The van der Waals surface area contributed by atoms with Crippen molar-refractivity contribution in [3.05, 3.63) is 140 Å². The maximum atomic E-state index is 11.5. The summed E-state index contributed by atoms with van der Waals surface area (Å²) in [5.41, 5.74) is 9.74. The van der Waals surface area contributed by atoms with E-state index >= 15 is 0 Å². The molecule has 5 aromatic carbocycles. The fourth-order valence-electron chi connectivity index (χ4n) is 6.61. The van der Waals surface area contributed by atoms with Crippen LogP contribution in [0.5, 0.6) is 28.7 Å². The second-order valence-corrected chi connectivity index (χ2v) is 14.8. The van der Waals surface area contributed by atoms with Crippen molar-refractivity contribution in [2.24, 2.45) is 0 Å². The maximum Gasteiger partial charge on any atom is 0.122 e. The van der Waals surface area contributed by atoms with Gasteiger partial charge in [0.2, 0.25) is 0 Å². The van der Waals surface area contributed by atoms with E-state index in [0.29, 0.717) is 87.7 Å². The van der Waals surface area contributed by atoms with Crippen LogP contribution in [0.25, 0.3) is 0 Å². The number of phenols is 5. The molecule has 0 heterocycles. The summed E-state index contributed by atoms with van der Waals surface area (Å²) in [7, 11) is 0. The maximum absolute atomic E-state index is 11.5. The summed E-state index contributed by atoms with van der Waals surface area (Å²) >= 11 is 4.47. The third-order valence-electron chi connectivity index (χ3n) is 8.61. The Morgan fingerprint density at radius 2 is 0.489 bits per heavy atom. The minimum Gasteiger partial charge on any atom is -0.507 e. The molecule has 230 valence electrons. The first-order valence-corrected chi connectivity index (χ1v) is 17.0. The number of aryl methyl sites for hydroxylation is 3. The highest BCUT2D eigenvalue weighted by Crippen LogP contribution is 2.39. The summed E-state index contributed by atoms with van der Waals surface area (Å²) in [6, 6.07) is 19.3. The lowest BCUT2D eigenvalue weighted by Crippen LogP contribution is -2.02. The van der Waals surface area contributed by atoms with E-state index < -0.39 is 0 Å². The first kappa shape index (κ1) is 31.5. The van der Waals surface area contributed by atoms with Crippen LogP contribution >= 0.6 is 45.2 Å². The lowest BCUT2D eigenvalue weighted by molar-refractivity contribution is 0.450. The van der Waals surface area contributed by atoms with Crippen LogP contribution in [0.1, 0.15) is 72.3 Å². The molecule has 5 nitrogen and oxygen atoms in total. The Bertz CT molecular complexity index is 1550. The van der Waals surface area contributed by atoms with Crippen LogP contribution in [-0.2, 0) is 32.1 Å². The average molecular weight is 824 g/mol. The van der Waals surface area contributed by atoms with Crippen molar-refractivity contribution >= 4 is 45.2 Å². The van der Waals surface area contributed by atoms with Gasteiger partial charge in [-0.25, -0.2) is 0 Å². The van der Waals surface area contributed by atoms with E-state index in [2.05, 4.69) is 45.2 Å². The zero-order valence-corrected chi connectivity index (χ0v) is 29.6. The van der Waals surface area contributed by atoms with Crippen LogP contribution in [0.3, 0.4) is 0 Å². The molecule has 45 heavy (non-hydrogen) atoms. The first-order valence-electron chi connectivity index (χ1n) is 14.8. The summed E-state index contributed by atoms with van der Waals surface area (Å²) in [4.78, 5) is 0. The van der Waals surface area contributed by atoms with E-state index in [1.807, 2.05) is 81.4 Å². The second kappa shape index (κ2) is 12.4. The predicted molar refractivity (Wildman–Crippen MR) is 194 cm³/mol. The molecule has 0 atom stereocenters. The highest BCUT2D eigenvalue weighted by molar-refractivity contribution is 14.1. The summed E-state index contributed by atoms with van der Waals surface area (Å²) in [5, 5.41) is 57.5. The molecule has 1 aliphatic carbocycles. The molecule has 5 N–H and O–H groups in total. The largest absolute Gasteiger partial charge is 0.507 e. The number of phenolic OH excluding ortho intramolecular Hbond substituents is 5. The van der Waals surface area contributed by atoms with E-state index in [-0.39, 0.29) is 28.7 Å². The SMILES string of the molecule is Cc1cc2c(O)c(c1)Cc1cc(I)cc(c1O)Cc1cc(C)cc(c1O)Cc1cc(I)cc(c1O)Cc1cc(C)cc(c1O)C2. The van der Waals surface area contributed by atoms with Gasteiger partial charge in [-0.15, -0.1) is 0 Å². The van der Waals surface area contributed by atoms with E-state index in [1.165, 1.54) is 0 Å². The number of benzene rings is 5. The fraction of sp³-hybridized carbons (Fsp3) is 0.211. The Morgan fingerprint density at radius 1 is 0.333 bits per heavy atom. The van der Waals surface area contributed by atoms with E-state index in [0.717, 1.165) is 23.8 Å². The first-order chi connectivity index (χ1) is 21.4. The molecule has 0 aromatic heterocycles. The van der Waals surface area contributed by atoms with Crippen molar-refractivity contribution in [1.82, 2.24) is 0 Å². The summed E-state index contributed by atoms with van der Waals surface area (Å²) in [6.07, 6.45) is 1.59. The van der Waals surface area contributed by atoms with Gasteiger partial charge in [-0.2, -0.15) is 0 Å². The summed E-state index contributed by atoms with van der Waals surface area (Å²) in [5.74, 6) is 0.680. The highest BCUT2D eigenvalue weighted by atomic mass is 127. The normalized spacial score (nSPS) is 13.0. The Labute approximate surface area is 290 Å². The minimum absolute atomic E-state index is 0.135. The molecule has 0 radical (unpaired) electrons. The molecule has 0 saturated heterocycles.